The fraction of sp³-hybridized carbons (Fsp3) is 0.500. The molecule has 0 unspecified atom stereocenters. The zero-order chi connectivity index (χ0) is 26.0. The summed E-state index contributed by atoms with van der Waals surface area (Å²) in [6, 6.07) is 5.32. The molecule has 1 amide bonds. The van der Waals surface area contributed by atoms with Crippen LogP contribution in [0.15, 0.2) is 27.8 Å². The molecule has 0 spiro atoms. The van der Waals surface area contributed by atoms with Gasteiger partial charge in [-0.15, -0.1) is 0 Å². The van der Waals surface area contributed by atoms with Crippen LogP contribution in [0.3, 0.4) is 0 Å². The van der Waals surface area contributed by atoms with Crippen molar-refractivity contribution >= 4 is 23.4 Å². The number of anilines is 2. The van der Waals surface area contributed by atoms with E-state index >= 15 is 0 Å². The maximum Gasteiger partial charge on any atom is 0.330 e. The van der Waals surface area contributed by atoms with Gasteiger partial charge in [0.1, 0.15) is 5.82 Å². The molecular weight excluding hydrogens is 456 g/mol. The van der Waals surface area contributed by atoms with E-state index in [1.807, 2.05) is 19.9 Å². The van der Waals surface area contributed by atoms with Crippen LogP contribution in [0.4, 0.5) is 11.5 Å². The maximum absolute atomic E-state index is 13.0. The summed E-state index contributed by atoms with van der Waals surface area (Å²) < 4.78 is 16.9. The molecular formula is C24H34N4O7. The average molecular weight is 491 g/mol. The molecule has 1 aromatic heterocycles. The van der Waals surface area contributed by atoms with Crippen molar-refractivity contribution in [3.63, 3.8) is 0 Å². The molecule has 0 aliphatic rings. The molecule has 0 aliphatic heterocycles. The fourth-order valence-corrected chi connectivity index (χ4v) is 3.54. The second kappa shape index (κ2) is 13.2. The topological polar surface area (TPSA) is 146 Å². The van der Waals surface area contributed by atoms with Gasteiger partial charge >= 0.3 is 11.7 Å². The lowest BCUT2D eigenvalue weighted by molar-refractivity contribution is -0.147. The fourth-order valence-electron chi connectivity index (χ4n) is 3.54. The molecule has 2 rings (SSSR count). The van der Waals surface area contributed by atoms with Gasteiger partial charge in [0.25, 0.3) is 11.5 Å². The highest BCUT2D eigenvalue weighted by molar-refractivity contribution is 5.97. The molecule has 192 valence electrons. The Hall–Kier alpha value is -3.76. The van der Waals surface area contributed by atoms with Gasteiger partial charge in [-0.3, -0.25) is 23.9 Å². The Bertz CT molecular complexity index is 1140. The van der Waals surface area contributed by atoms with Crippen molar-refractivity contribution in [2.24, 2.45) is 0 Å². The molecule has 0 saturated carbocycles. The van der Waals surface area contributed by atoms with Crippen molar-refractivity contribution in [1.29, 1.82) is 0 Å². The van der Waals surface area contributed by atoms with Crippen LogP contribution in [0.25, 0.3) is 0 Å². The second-order valence-corrected chi connectivity index (χ2v) is 7.89. The van der Waals surface area contributed by atoms with E-state index in [1.165, 1.54) is 23.7 Å². The Balaban J connectivity index is 2.11. The number of amides is 1. The number of benzene rings is 1. The van der Waals surface area contributed by atoms with E-state index < -0.39 is 29.7 Å². The number of esters is 1. The normalized spacial score (nSPS) is 10.6. The van der Waals surface area contributed by atoms with E-state index in [-0.39, 0.29) is 31.0 Å². The van der Waals surface area contributed by atoms with Gasteiger partial charge in [0, 0.05) is 19.5 Å². The van der Waals surface area contributed by atoms with Gasteiger partial charge in [-0.2, -0.15) is 0 Å². The number of ether oxygens (including phenoxy) is 3. The molecule has 0 fully saturated rings. The molecule has 0 aliphatic carbocycles. The van der Waals surface area contributed by atoms with Crippen molar-refractivity contribution in [1.82, 2.24) is 9.55 Å². The van der Waals surface area contributed by atoms with E-state index in [9.17, 15) is 19.2 Å². The molecule has 0 saturated heterocycles. The minimum Gasteiger partial charge on any atom is -0.493 e. The maximum atomic E-state index is 13.0. The highest BCUT2D eigenvalue weighted by Gasteiger charge is 2.24. The number of nitrogen functional groups attached to an aromatic ring is 1. The van der Waals surface area contributed by atoms with Crippen molar-refractivity contribution in [3.05, 3.63) is 44.6 Å². The van der Waals surface area contributed by atoms with Crippen LogP contribution in [-0.2, 0) is 27.3 Å². The zero-order valence-corrected chi connectivity index (χ0v) is 20.7. The number of nitrogens with zero attached hydrogens (tertiary/aromatic N) is 2. The van der Waals surface area contributed by atoms with E-state index in [2.05, 4.69) is 4.98 Å². The molecule has 0 radical (unpaired) electrons. The lowest BCUT2D eigenvalue weighted by Gasteiger charge is -2.24. The first-order chi connectivity index (χ1) is 16.8. The SMILES string of the molecule is CCCCN(C(=O)COC(=O)CCc1ccc(OC)c(OC)c1)c1c(N)n(CCC)c(=O)[nH]c1=O. The Labute approximate surface area is 203 Å². The number of aromatic nitrogens is 2. The number of carbonyl (C=O) groups excluding carboxylic acids is 2. The van der Waals surface area contributed by atoms with Gasteiger partial charge in [0.2, 0.25) is 0 Å². The second-order valence-electron chi connectivity index (χ2n) is 7.89. The largest absolute Gasteiger partial charge is 0.493 e. The van der Waals surface area contributed by atoms with Crippen molar-refractivity contribution in [2.45, 2.75) is 52.5 Å². The molecule has 1 aromatic carbocycles. The Morgan fingerprint density at radius 2 is 1.80 bits per heavy atom. The van der Waals surface area contributed by atoms with Crippen LogP contribution < -0.4 is 31.4 Å². The van der Waals surface area contributed by atoms with E-state index in [1.54, 1.807) is 12.1 Å². The third kappa shape index (κ3) is 7.11. The van der Waals surface area contributed by atoms with Gasteiger partial charge in [-0.25, -0.2) is 4.79 Å². The molecule has 11 heteroatoms. The van der Waals surface area contributed by atoms with Crippen LogP contribution in [-0.4, -0.2) is 48.8 Å². The monoisotopic (exact) mass is 490 g/mol. The summed E-state index contributed by atoms with van der Waals surface area (Å²) in [6.45, 7) is 3.71. The Morgan fingerprint density at radius 3 is 2.43 bits per heavy atom. The van der Waals surface area contributed by atoms with Crippen LogP contribution >= 0.6 is 0 Å². The van der Waals surface area contributed by atoms with Gasteiger partial charge < -0.3 is 24.8 Å². The van der Waals surface area contributed by atoms with E-state index in [0.717, 1.165) is 12.0 Å². The number of H-pyrrole nitrogens is 1. The number of unbranched alkanes of at least 4 members (excludes halogenated alkanes) is 1. The predicted octanol–water partition coefficient (Wildman–Crippen LogP) is 1.86. The lowest BCUT2D eigenvalue weighted by atomic mass is 10.1. The average Bonchev–Trinajstić information content (AvgIpc) is 2.85. The van der Waals surface area contributed by atoms with E-state index in [0.29, 0.717) is 30.8 Å². The number of hydrogen-bond donors (Lipinski definition) is 2. The number of rotatable bonds is 13. The smallest absolute Gasteiger partial charge is 0.330 e. The first-order valence-electron chi connectivity index (χ1n) is 11.6. The summed E-state index contributed by atoms with van der Waals surface area (Å²) in [7, 11) is 3.06. The third-order valence-electron chi connectivity index (χ3n) is 5.39. The van der Waals surface area contributed by atoms with Gasteiger partial charge in [0.05, 0.1) is 14.2 Å². The number of aryl methyl sites for hydroxylation is 1. The molecule has 0 bridgehead atoms. The highest BCUT2D eigenvalue weighted by atomic mass is 16.5. The molecule has 11 nitrogen and oxygen atoms in total. The predicted molar refractivity (Wildman–Crippen MR) is 132 cm³/mol. The molecule has 2 aromatic rings. The number of methoxy groups -OCH3 is 2. The summed E-state index contributed by atoms with van der Waals surface area (Å²) in [4.78, 5) is 53.3. The molecule has 35 heavy (non-hydrogen) atoms. The van der Waals surface area contributed by atoms with Crippen LogP contribution in [0.2, 0.25) is 0 Å². The first-order valence-corrected chi connectivity index (χ1v) is 11.6. The van der Waals surface area contributed by atoms with Crippen molar-refractivity contribution in [2.75, 3.05) is 38.0 Å². The summed E-state index contributed by atoms with van der Waals surface area (Å²) in [5.74, 6) is -0.133. The summed E-state index contributed by atoms with van der Waals surface area (Å²) in [6.07, 6.45) is 2.37. The first kappa shape index (κ1) is 27.5. The van der Waals surface area contributed by atoms with E-state index in [4.69, 9.17) is 19.9 Å². The van der Waals surface area contributed by atoms with Gasteiger partial charge in [0.15, 0.2) is 23.8 Å². The zero-order valence-electron chi connectivity index (χ0n) is 20.7. The van der Waals surface area contributed by atoms with Crippen LogP contribution in [0.1, 0.15) is 45.1 Å². The van der Waals surface area contributed by atoms with Crippen molar-refractivity contribution < 1.29 is 23.8 Å². The number of hydrogen-bond acceptors (Lipinski definition) is 8. The number of nitrogens with two attached hydrogens (primary N) is 1. The summed E-state index contributed by atoms with van der Waals surface area (Å²) >= 11 is 0. The minimum absolute atomic E-state index is 0.0435. The molecule has 3 N–H and O–H groups in total. The molecule has 0 atom stereocenters. The highest BCUT2D eigenvalue weighted by Crippen LogP contribution is 2.28. The third-order valence-corrected chi connectivity index (χ3v) is 5.39. The quantitative estimate of drug-likeness (QED) is 0.405. The Morgan fingerprint density at radius 1 is 1.09 bits per heavy atom. The van der Waals surface area contributed by atoms with Crippen molar-refractivity contribution in [3.8, 4) is 11.5 Å². The molecule has 1 heterocycles. The standard InChI is InChI=1S/C24H34N4O7/c1-5-7-13-27(21-22(25)28(12-6-2)24(32)26-23(21)31)19(29)15-35-20(30)11-9-16-8-10-17(33-3)18(14-16)34-4/h8,10,14H,5-7,9,11-13,15,25H2,1-4H3,(H,26,31,32). The van der Waals surface area contributed by atoms with Gasteiger partial charge in [-0.1, -0.05) is 26.3 Å². The van der Waals surface area contributed by atoms with Crippen LogP contribution in [0.5, 0.6) is 11.5 Å². The number of nitrogens with one attached hydrogen (secondary N) is 1. The number of carbonyl (C=O) groups is 2. The minimum atomic E-state index is -0.760. The van der Waals surface area contributed by atoms with Gasteiger partial charge in [-0.05, 0) is 37.0 Å². The Kier molecular flexibility index (Phi) is 10.4. The lowest BCUT2D eigenvalue weighted by Crippen LogP contribution is -2.43. The number of aromatic amines is 1. The summed E-state index contributed by atoms with van der Waals surface area (Å²) in [5.41, 5.74) is 5.45. The van der Waals surface area contributed by atoms with Crippen LogP contribution in [0, 0.1) is 0 Å². The summed E-state index contributed by atoms with van der Waals surface area (Å²) in [5, 5.41) is 0.